The second kappa shape index (κ2) is 8.50. The monoisotopic (exact) mass is 419 g/mol. The number of halogens is 1. The highest BCUT2D eigenvalue weighted by atomic mass is 35.5. The van der Waals surface area contributed by atoms with Crippen molar-refractivity contribution in [1.82, 2.24) is 4.90 Å². The maximum absolute atomic E-state index is 13.0. The van der Waals surface area contributed by atoms with Gasteiger partial charge in [0.05, 0.1) is 29.6 Å². The third kappa shape index (κ3) is 5.37. The Hall–Kier alpha value is -2.77. The molecule has 1 amide bonds. The van der Waals surface area contributed by atoms with Crippen molar-refractivity contribution >= 4 is 27.6 Å². The highest BCUT2D eigenvalue weighted by molar-refractivity contribution is 7.86. The van der Waals surface area contributed by atoms with Crippen LogP contribution >= 0.6 is 11.6 Å². The van der Waals surface area contributed by atoms with Gasteiger partial charge >= 0.3 is 10.1 Å². The van der Waals surface area contributed by atoms with E-state index in [9.17, 15) is 13.2 Å². The average Bonchev–Trinajstić information content (AvgIpc) is 3.14. The molecule has 0 N–H and O–H groups in total. The minimum atomic E-state index is -3.59. The van der Waals surface area contributed by atoms with E-state index in [-0.39, 0.29) is 24.7 Å². The molecule has 28 heavy (non-hydrogen) atoms. The number of hydrogen-bond donors (Lipinski definition) is 0. The fourth-order valence-corrected chi connectivity index (χ4v) is 3.32. The number of hydrogen-bond acceptors (Lipinski definition) is 5. The van der Waals surface area contributed by atoms with Crippen LogP contribution in [-0.4, -0.2) is 25.5 Å². The van der Waals surface area contributed by atoms with E-state index in [1.807, 2.05) is 0 Å². The zero-order chi connectivity index (χ0) is 20.1. The molecule has 0 saturated heterocycles. The van der Waals surface area contributed by atoms with Crippen LogP contribution in [0.4, 0.5) is 0 Å². The molecule has 0 spiro atoms. The normalized spacial score (nSPS) is 11.2. The first kappa shape index (κ1) is 20.0. The molecule has 0 bridgehead atoms. The predicted molar refractivity (Wildman–Crippen MR) is 106 cm³/mol. The lowest BCUT2D eigenvalue weighted by atomic mass is 10.1. The maximum Gasteiger partial charge on any atom is 0.306 e. The van der Waals surface area contributed by atoms with E-state index in [1.165, 1.54) is 0 Å². The summed E-state index contributed by atoms with van der Waals surface area (Å²) in [6, 6.07) is 16.9. The van der Waals surface area contributed by atoms with Crippen molar-refractivity contribution in [3.63, 3.8) is 0 Å². The lowest BCUT2D eigenvalue weighted by Crippen LogP contribution is -2.30. The molecule has 0 fully saturated rings. The van der Waals surface area contributed by atoms with Crippen LogP contribution in [0.25, 0.3) is 0 Å². The summed E-state index contributed by atoms with van der Waals surface area (Å²) in [6.07, 6.45) is 2.53. The molecular weight excluding hydrogens is 402 g/mol. The second-order valence-corrected chi connectivity index (χ2v) is 8.13. The van der Waals surface area contributed by atoms with Crippen LogP contribution in [0.15, 0.2) is 71.3 Å². The largest absolute Gasteiger partial charge is 0.467 e. The molecular formula is C20H18ClNO5S. The quantitative estimate of drug-likeness (QED) is 0.538. The Morgan fingerprint density at radius 3 is 2.36 bits per heavy atom. The number of furan rings is 1. The molecule has 3 rings (SSSR count). The van der Waals surface area contributed by atoms with E-state index >= 15 is 0 Å². The zero-order valence-corrected chi connectivity index (χ0v) is 16.6. The number of nitrogens with zero attached hydrogens (tertiary/aromatic N) is 1. The Balaban J connectivity index is 1.83. The molecule has 0 aliphatic carbocycles. The predicted octanol–water partition coefficient (Wildman–Crippen LogP) is 4.11. The van der Waals surface area contributed by atoms with Gasteiger partial charge in [0.2, 0.25) is 0 Å². The van der Waals surface area contributed by atoms with E-state index in [1.54, 1.807) is 71.8 Å². The van der Waals surface area contributed by atoms with Gasteiger partial charge in [-0.15, -0.1) is 0 Å². The van der Waals surface area contributed by atoms with Crippen LogP contribution in [0.2, 0.25) is 5.02 Å². The number of rotatable bonds is 7. The van der Waals surface area contributed by atoms with Gasteiger partial charge in [-0.3, -0.25) is 4.79 Å². The molecule has 0 radical (unpaired) electrons. The molecule has 6 nitrogen and oxygen atoms in total. The van der Waals surface area contributed by atoms with Crippen molar-refractivity contribution < 1.29 is 21.8 Å². The van der Waals surface area contributed by atoms with E-state index < -0.39 is 10.1 Å². The van der Waals surface area contributed by atoms with Gasteiger partial charge in [0.25, 0.3) is 5.91 Å². The van der Waals surface area contributed by atoms with Crippen LogP contribution < -0.4 is 4.18 Å². The average molecular weight is 420 g/mol. The topological polar surface area (TPSA) is 76.8 Å². The van der Waals surface area contributed by atoms with Gasteiger partial charge in [-0.25, -0.2) is 0 Å². The lowest BCUT2D eigenvalue weighted by Gasteiger charge is -2.22. The first-order chi connectivity index (χ1) is 13.3. The summed E-state index contributed by atoms with van der Waals surface area (Å²) >= 11 is 6.19. The molecule has 146 valence electrons. The molecule has 1 aromatic heterocycles. The first-order valence-corrected chi connectivity index (χ1v) is 10.6. The Bertz CT molecular complexity index is 1050. The van der Waals surface area contributed by atoms with Crippen LogP contribution in [0.1, 0.15) is 21.7 Å². The van der Waals surface area contributed by atoms with Crippen LogP contribution in [0.3, 0.4) is 0 Å². The Morgan fingerprint density at radius 2 is 1.75 bits per heavy atom. The molecule has 1 heterocycles. The lowest BCUT2D eigenvalue weighted by molar-refractivity contribution is 0.0718. The van der Waals surface area contributed by atoms with Gasteiger partial charge in [-0.05, 0) is 42.0 Å². The number of carbonyl (C=O) groups excluding carboxylic acids is 1. The van der Waals surface area contributed by atoms with E-state index in [0.717, 1.165) is 11.8 Å². The summed E-state index contributed by atoms with van der Waals surface area (Å²) in [5, 5.41) is 0.369. The summed E-state index contributed by atoms with van der Waals surface area (Å²) in [5.41, 5.74) is 1.19. The van der Waals surface area contributed by atoms with Crippen LogP contribution in [0, 0.1) is 0 Å². The summed E-state index contributed by atoms with van der Waals surface area (Å²) in [7, 11) is -3.59. The number of amides is 1. The number of carbonyl (C=O) groups is 1. The molecule has 0 saturated carbocycles. The standard InChI is InChI=1S/C20H18ClNO5S/c1-28(24,25)27-16-10-8-15(9-11-16)13-22(14-17-5-4-12-26-17)20(23)18-6-2-3-7-19(18)21/h2-12H,13-14H2,1H3. The molecule has 8 heteroatoms. The summed E-state index contributed by atoms with van der Waals surface area (Å²) in [6.45, 7) is 0.544. The van der Waals surface area contributed by atoms with Crippen molar-refractivity contribution in [3.05, 3.63) is 88.8 Å². The molecule has 0 unspecified atom stereocenters. The van der Waals surface area contributed by atoms with Gasteiger partial charge in [0.15, 0.2) is 0 Å². The Morgan fingerprint density at radius 1 is 1.04 bits per heavy atom. The van der Waals surface area contributed by atoms with Gasteiger partial charge < -0.3 is 13.5 Å². The van der Waals surface area contributed by atoms with Crippen molar-refractivity contribution in [3.8, 4) is 5.75 Å². The van der Waals surface area contributed by atoms with Gasteiger partial charge in [-0.1, -0.05) is 35.9 Å². The number of benzene rings is 2. The second-order valence-electron chi connectivity index (χ2n) is 6.15. The molecule has 3 aromatic rings. The molecule has 0 aliphatic rings. The third-order valence-electron chi connectivity index (χ3n) is 3.86. The minimum Gasteiger partial charge on any atom is -0.467 e. The van der Waals surface area contributed by atoms with E-state index in [0.29, 0.717) is 16.3 Å². The third-order valence-corrected chi connectivity index (χ3v) is 4.69. The van der Waals surface area contributed by atoms with E-state index in [2.05, 4.69) is 0 Å². The Kier molecular flexibility index (Phi) is 6.06. The van der Waals surface area contributed by atoms with Crippen molar-refractivity contribution in [2.24, 2.45) is 0 Å². The summed E-state index contributed by atoms with van der Waals surface area (Å²) in [5.74, 6) is 0.608. The van der Waals surface area contributed by atoms with Crippen molar-refractivity contribution in [2.45, 2.75) is 13.1 Å². The Labute approximate surface area is 168 Å². The van der Waals surface area contributed by atoms with Crippen LogP contribution in [-0.2, 0) is 23.2 Å². The minimum absolute atomic E-state index is 0.210. The fourth-order valence-electron chi connectivity index (χ4n) is 2.64. The first-order valence-electron chi connectivity index (χ1n) is 8.36. The van der Waals surface area contributed by atoms with E-state index in [4.69, 9.17) is 20.2 Å². The highest BCUT2D eigenvalue weighted by Gasteiger charge is 2.20. The summed E-state index contributed by atoms with van der Waals surface area (Å²) < 4.78 is 32.7. The SMILES string of the molecule is CS(=O)(=O)Oc1ccc(CN(Cc2ccco2)C(=O)c2ccccc2Cl)cc1. The molecule has 2 aromatic carbocycles. The van der Waals surface area contributed by atoms with Gasteiger partial charge in [0, 0.05) is 6.54 Å². The summed E-state index contributed by atoms with van der Waals surface area (Å²) in [4.78, 5) is 14.7. The van der Waals surface area contributed by atoms with Crippen LogP contribution in [0.5, 0.6) is 5.75 Å². The van der Waals surface area contributed by atoms with Crippen molar-refractivity contribution in [1.29, 1.82) is 0 Å². The van der Waals surface area contributed by atoms with Gasteiger partial charge in [0.1, 0.15) is 11.5 Å². The highest BCUT2D eigenvalue weighted by Crippen LogP contribution is 2.21. The molecule has 0 atom stereocenters. The smallest absolute Gasteiger partial charge is 0.306 e. The van der Waals surface area contributed by atoms with Gasteiger partial charge in [-0.2, -0.15) is 8.42 Å². The zero-order valence-electron chi connectivity index (χ0n) is 15.0. The maximum atomic E-state index is 13.0. The molecule has 0 aliphatic heterocycles. The van der Waals surface area contributed by atoms with Crippen molar-refractivity contribution in [2.75, 3.05) is 6.26 Å². The fraction of sp³-hybridized carbons (Fsp3) is 0.150.